The minimum Gasteiger partial charge on any atom is -0.214 e. The van der Waals surface area contributed by atoms with E-state index in [2.05, 4.69) is 139 Å². The van der Waals surface area contributed by atoms with Crippen molar-refractivity contribution in [3.63, 3.8) is 0 Å². The molecule has 5 aliphatic rings. The first kappa shape index (κ1) is 25.9. The summed E-state index contributed by atoms with van der Waals surface area (Å²) in [5.41, 5.74) is 20.5. The van der Waals surface area contributed by atoms with Crippen molar-refractivity contribution in [2.24, 2.45) is 0 Å². The van der Waals surface area contributed by atoms with Crippen LogP contribution in [-0.2, 0) is 21.0 Å². The summed E-state index contributed by atoms with van der Waals surface area (Å²) in [6.45, 7) is 13.4. The molecule has 0 radical (unpaired) electrons. The maximum absolute atomic E-state index is 6.93. The van der Waals surface area contributed by atoms with Gasteiger partial charge >= 0.3 is 0 Å². The number of benzene rings is 5. The Morgan fingerprint density at radius 3 is 1.09 bits per heavy atom. The van der Waals surface area contributed by atoms with Crippen molar-refractivity contribution < 1.29 is 9.78 Å². The molecule has 214 valence electrons. The molecule has 0 saturated carbocycles. The Hall–Kier alpha value is -4.50. The third-order valence-corrected chi connectivity index (χ3v) is 10.4. The van der Waals surface area contributed by atoms with Crippen LogP contribution in [0.1, 0.15) is 77.9 Å². The van der Waals surface area contributed by atoms with Crippen LogP contribution >= 0.6 is 0 Å². The molecule has 0 aromatic heterocycles. The summed E-state index contributed by atoms with van der Waals surface area (Å²) in [7, 11) is 0. The summed E-state index contributed by atoms with van der Waals surface area (Å²) < 4.78 is 0. The Balaban J connectivity index is 1.57. The van der Waals surface area contributed by atoms with E-state index >= 15 is 0 Å². The molecule has 0 amide bonds. The molecule has 5 aromatic rings. The summed E-state index contributed by atoms with van der Waals surface area (Å²) in [5.74, 6) is 0. The van der Waals surface area contributed by atoms with Crippen LogP contribution < -0.4 is 0 Å². The molecule has 0 N–H and O–H groups in total. The predicted molar refractivity (Wildman–Crippen MR) is 176 cm³/mol. The van der Waals surface area contributed by atoms with E-state index in [0.29, 0.717) is 0 Å². The van der Waals surface area contributed by atoms with Gasteiger partial charge in [0.05, 0.1) is 0 Å². The summed E-state index contributed by atoms with van der Waals surface area (Å²) in [6, 6.07) is 35.7. The van der Waals surface area contributed by atoms with E-state index < -0.39 is 11.2 Å². The van der Waals surface area contributed by atoms with Crippen molar-refractivity contribution in [3.05, 3.63) is 186 Å². The molecule has 2 atom stereocenters. The fraction of sp³-hybridized carbons (Fsp3) is 0.190. The van der Waals surface area contributed by atoms with Gasteiger partial charge in [-0.05, 0) is 97.2 Å². The predicted octanol–water partition coefficient (Wildman–Crippen LogP) is 9.63. The highest BCUT2D eigenvalue weighted by atomic mass is 17.2. The summed E-state index contributed by atoms with van der Waals surface area (Å²) in [6.07, 6.45) is 0. The number of aryl methyl sites for hydroxylation is 6. The lowest BCUT2D eigenvalue weighted by Gasteiger charge is -2.53. The van der Waals surface area contributed by atoms with Crippen LogP contribution in [0.15, 0.2) is 108 Å². The smallest absolute Gasteiger partial charge is 0.181 e. The molecular formula is C42H34O2. The van der Waals surface area contributed by atoms with Crippen LogP contribution in [0.2, 0.25) is 0 Å². The van der Waals surface area contributed by atoms with E-state index in [1.54, 1.807) is 0 Å². The second-order valence-corrected chi connectivity index (χ2v) is 13.2. The van der Waals surface area contributed by atoms with Crippen LogP contribution in [0.4, 0.5) is 0 Å². The van der Waals surface area contributed by atoms with Crippen molar-refractivity contribution in [2.45, 2.75) is 52.7 Å². The van der Waals surface area contributed by atoms with Gasteiger partial charge < -0.3 is 0 Å². The Kier molecular flexibility index (Phi) is 5.05. The largest absolute Gasteiger partial charge is 0.214 e. The Morgan fingerprint density at radius 2 is 0.727 bits per heavy atom. The lowest BCUT2D eigenvalue weighted by Crippen LogP contribution is -2.53. The van der Waals surface area contributed by atoms with Gasteiger partial charge in [0.25, 0.3) is 0 Å². The molecule has 2 aliphatic heterocycles. The SMILES string of the molecule is Cc1cc(C)c(C2=C3C4=C(c5c(C)cc(C)cc5C)c5ccccc5[C@@]45OO[C@]3(c3ccccc32)c2ccccc25)c(C)c1. The molecule has 2 heterocycles. The molecule has 3 aliphatic carbocycles. The highest BCUT2D eigenvalue weighted by Gasteiger charge is 2.69. The first-order chi connectivity index (χ1) is 21.3. The number of hydrogen-bond acceptors (Lipinski definition) is 2. The first-order valence-corrected chi connectivity index (χ1v) is 15.6. The van der Waals surface area contributed by atoms with Crippen molar-refractivity contribution in [3.8, 4) is 0 Å². The van der Waals surface area contributed by atoms with Crippen LogP contribution in [-0.4, -0.2) is 0 Å². The topological polar surface area (TPSA) is 18.5 Å². The zero-order chi connectivity index (χ0) is 30.1. The fourth-order valence-electron chi connectivity index (χ4n) is 9.22. The molecule has 0 unspecified atom stereocenters. The second-order valence-electron chi connectivity index (χ2n) is 13.2. The Bertz CT molecular complexity index is 1990. The molecule has 2 nitrogen and oxygen atoms in total. The van der Waals surface area contributed by atoms with Gasteiger partial charge in [-0.15, -0.1) is 0 Å². The Labute approximate surface area is 259 Å². The molecule has 2 heteroatoms. The molecule has 10 rings (SSSR count). The van der Waals surface area contributed by atoms with Gasteiger partial charge in [0, 0.05) is 33.4 Å². The van der Waals surface area contributed by atoms with E-state index in [0.717, 1.165) is 11.1 Å². The molecule has 2 spiro atoms. The van der Waals surface area contributed by atoms with E-state index in [-0.39, 0.29) is 0 Å². The van der Waals surface area contributed by atoms with Crippen molar-refractivity contribution in [1.82, 2.24) is 0 Å². The lowest BCUT2D eigenvalue weighted by molar-refractivity contribution is -0.411. The minimum atomic E-state index is -0.886. The second kappa shape index (κ2) is 8.57. The normalized spacial score (nSPS) is 22.1. The van der Waals surface area contributed by atoms with Gasteiger partial charge in [0.1, 0.15) is 0 Å². The lowest BCUT2D eigenvalue weighted by atomic mass is 9.62. The molecule has 1 saturated heterocycles. The van der Waals surface area contributed by atoms with Crippen LogP contribution in [0.3, 0.4) is 0 Å². The van der Waals surface area contributed by atoms with E-state index in [4.69, 9.17) is 9.78 Å². The van der Waals surface area contributed by atoms with Crippen LogP contribution in [0.25, 0.3) is 11.1 Å². The first-order valence-electron chi connectivity index (χ1n) is 15.6. The standard InChI is InChI=1S/C42H34O2/c1-23-19-25(3)35(26(4)20-23)37-29-13-7-9-15-31(29)41-33-17-11-12-18-34(33)42(44-43-41)32-16-10-8-14-30(32)38(40(42)39(37)41)36-27(5)21-24(2)22-28(36)6/h7-22H,1-6H3/t41-,42+. The quantitative estimate of drug-likeness (QED) is 0.197. The van der Waals surface area contributed by atoms with Gasteiger partial charge in [-0.1, -0.05) is 108 Å². The van der Waals surface area contributed by atoms with E-state index in [1.165, 1.54) is 89.1 Å². The maximum atomic E-state index is 6.93. The number of hydrogen-bond donors (Lipinski definition) is 0. The average molecular weight is 571 g/mol. The third-order valence-electron chi connectivity index (χ3n) is 10.4. The number of rotatable bonds is 2. The summed E-state index contributed by atoms with van der Waals surface area (Å²) in [4.78, 5) is 13.9. The van der Waals surface area contributed by atoms with Crippen molar-refractivity contribution in [1.29, 1.82) is 0 Å². The average Bonchev–Trinajstić information content (AvgIpc) is 3.46. The van der Waals surface area contributed by atoms with E-state index in [1.807, 2.05) is 0 Å². The summed E-state index contributed by atoms with van der Waals surface area (Å²) >= 11 is 0. The number of fused-ring (bicyclic) bond motifs is 3. The molecule has 5 aromatic carbocycles. The highest BCUT2D eigenvalue weighted by molar-refractivity contribution is 6.05. The molecule has 44 heavy (non-hydrogen) atoms. The Morgan fingerprint density at radius 1 is 0.409 bits per heavy atom. The van der Waals surface area contributed by atoms with Crippen LogP contribution in [0, 0.1) is 41.5 Å². The van der Waals surface area contributed by atoms with E-state index in [9.17, 15) is 0 Å². The van der Waals surface area contributed by atoms with Crippen molar-refractivity contribution in [2.75, 3.05) is 0 Å². The molecule has 1 fully saturated rings. The highest BCUT2D eigenvalue weighted by Crippen LogP contribution is 2.72. The van der Waals surface area contributed by atoms with Gasteiger partial charge in [-0.25, -0.2) is 9.78 Å². The fourth-order valence-corrected chi connectivity index (χ4v) is 9.22. The van der Waals surface area contributed by atoms with Gasteiger partial charge in [0.15, 0.2) is 11.2 Å². The van der Waals surface area contributed by atoms with Crippen molar-refractivity contribution >= 4 is 11.1 Å². The van der Waals surface area contributed by atoms with Gasteiger partial charge in [-0.2, -0.15) is 0 Å². The third kappa shape index (κ3) is 2.89. The van der Waals surface area contributed by atoms with Crippen LogP contribution in [0.5, 0.6) is 0 Å². The monoisotopic (exact) mass is 570 g/mol. The zero-order valence-electron chi connectivity index (χ0n) is 26.1. The van der Waals surface area contributed by atoms with Gasteiger partial charge in [0.2, 0.25) is 0 Å². The minimum absolute atomic E-state index is 0.886. The maximum Gasteiger partial charge on any atom is 0.181 e. The molecular weight excluding hydrogens is 536 g/mol. The summed E-state index contributed by atoms with van der Waals surface area (Å²) in [5, 5.41) is 0. The van der Waals surface area contributed by atoms with Gasteiger partial charge in [-0.3, -0.25) is 0 Å². The molecule has 2 bridgehead atoms. The zero-order valence-corrected chi connectivity index (χ0v) is 26.1.